The fourth-order valence-corrected chi connectivity index (χ4v) is 2.47. The van der Waals surface area contributed by atoms with Crippen LogP contribution in [0.3, 0.4) is 0 Å². The molecule has 1 aromatic carbocycles. The van der Waals surface area contributed by atoms with Crippen molar-refractivity contribution in [1.82, 2.24) is 0 Å². The van der Waals surface area contributed by atoms with Crippen molar-refractivity contribution in [2.24, 2.45) is 0 Å². The second-order valence-electron chi connectivity index (χ2n) is 5.96. The average Bonchev–Trinajstić information content (AvgIpc) is 2.71. The van der Waals surface area contributed by atoms with Gasteiger partial charge in [0.1, 0.15) is 0 Å². The average molecular weight is 277 g/mol. The lowest BCUT2D eigenvalue weighted by Gasteiger charge is -2.16. The molecule has 0 aliphatic carbocycles. The Morgan fingerprint density at radius 3 is 2.45 bits per heavy atom. The van der Waals surface area contributed by atoms with Crippen molar-refractivity contribution in [2.45, 2.75) is 65.1 Å². The van der Waals surface area contributed by atoms with Crippen LogP contribution in [0.25, 0.3) is 0 Å². The highest BCUT2D eigenvalue weighted by molar-refractivity contribution is 5.56. The Morgan fingerprint density at radius 1 is 0.950 bits per heavy atom. The van der Waals surface area contributed by atoms with Crippen molar-refractivity contribution < 1.29 is 9.47 Å². The summed E-state index contributed by atoms with van der Waals surface area (Å²) in [6, 6.07) is 6.06. The predicted octanol–water partition coefficient (Wildman–Crippen LogP) is 4.97. The maximum absolute atomic E-state index is 5.74. The topological polar surface area (TPSA) is 30.5 Å². The molecule has 0 fully saturated rings. The molecule has 0 atom stereocenters. The van der Waals surface area contributed by atoms with Crippen molar-refractivity contribution in [3.63, 3.8) is 0 Å². The first-order valence-corrected chi connectivity index (χ1v) is 7.87. The van der Waals surface area contributed by atoms with Gasteiger partial charge in [-0.15, -0.1) is 0 Å². The molecule has 0 radical (unpaired) electrons. The summed E-state index contributed by atoms with van der Waals surface area (Å²) in [5, 5.41) is 3.46. The number of nitrogens with one attached hydrogen (secondary N) is 1. The van der Waals surface area contributed by atoms with Gasteiger partial charge in [-0.3, -0.25) is 0 Å². The zero-order chi connectivity index (χ0) is 14.4. The summed E-state index contributed by atoms with van der Waals surface area (Å²) in [7, 11) is 0. The Hall–Kier alpha value is -1.38. The molecule has 0 saturated heterocycles. The Balaban J connectivity index is 1.70. The first kappa shape index (κ1) is 15.0. The molecule has 2 rings (SSSR count). The Labute approximate surface area is 122 Å². The summed E-state index contributed by atoms with van der Waals surface area (Å²) >= 11 is 0. The molecule has 3 nitrogen and oxygen atoms in total. The highest BCUT2D eigenvalue weighted by Gasteiger charge is 2.31. The minimum absolute atomic E-state index is 0.541. The maximum atomic E-state index is 5.74. The van der Waals surface area contributed by atoms with Gasteiger partial charge < -0.3 is 14.8 Å². The largest absolute Gasteiger partial charge is 0.449 e. The Kier molecular flexibility index (Phi) is 5.16. The highest BCUT2D eigenvalue weighted by atomic mass is 16.7. The minimum atomic E-state index is -0.541. The van der Waals surface area contributed by atoms with Gasteiger partial charge in [-0.2, -0.15) is 0 Å². The van der Waals surface area contributed by atoms with E-state index in [2.05, 4.69) is 18.3 Å². The molecule has 112 valence electrons. The third-order valence-corrected chi connectivity index (χ3v) is 3.51. The zero-order valence-electron chi connectivity index (χ0n) is 13.0. The second kappa shape index (κ2) is 6.87. The van der Waals surface area contributed by atoms with Gasteiger partial charge >= 0.3 is 0 Å². The van der Waals surface area contributed by atoms with Crippen LogP contribution in [-0.2, 0) is 0 Å². The van der Waals surface area contributed by atoms with Gasteiger partial charge in [0.15, 0.2) is 11.5 Å². The summed E-state index contributed by atoms with van der Waals surface area (Å²) in [5.41, 5.74) is 1.11. The third-order valence-electron chi connectivity index (χ3n) is 3.51. The van der Waals surface area contributed by atoms with Gasteiger partial charge in [-0.1, -0.05) is 39.0 Å². The Bertz CT molecular complexity index is 429. The van der Waals surface area contributed by atoms with Gasteiger partial charge in [0.2, 0.25) is 5.79 Å². The van der Waals surface area contributed by atoms with E-state index in [4.69, 9.17) is 9.47 Å². The molecule has 0 amide bonds. The molecule has 1 aromatic rings. The molecule has 20 heavy (non-hydrogen) atoms. The standard InChI is InChI=1S/C17H27NO2/c1-4-5-6-7-8-9-12-18-14-10-11-15-16(13-14)20-17(2,3)19-15/h10-11,13,18H,4-9,12H2,1-3H3. The number of ether oxygens (including phenoxy) is 2. The van der Waals surface area contributed by atoms with Gasteiger partial charge in [0.25, 0.3) is 0 Å². The van der Waals surface area contributed by atoms with Gasteiger partial charge in [-0.05, 0) is 18.6 Å². The molecule has 1 aliphatic rings. The minimum Gasteiger partial charge on any atom is -0.449 e. The Morgan fingerprint density at radius 2 is 1.65 bits per heavy atom. The normalized spacial score (nSPS) is 15.3. The van der Waals surface area contributed by atoms with E-state index in [1.807, 2.05) is 26.0 Å². The number of unbranched alkanes of at least 4 members (excludes halogenated alkanes) is 5. The molecule has 0 spiro atoms. The SMILES string of the molecule is CCCCCCCCNc1ccc2c(c1)OC(C)(C)O2. The monoisotopic (exact) mass is 277 g/mol. The number of fused-ring (bicyclic) bond motifs is 1. The van der Waals surface area contributed by atoms with Crippen molar-refractivity contribution >= 4 is 5.69 Å². The van der Waals surface area contributed by atoms with E-state index in [-0.39, 0.29) is 0 Å². The lowest BCUT2D eigenvalue weighted by atomic mass is 10.1. The van der Waals surface area contributed by atoms with Crippen LogP contribution in [0.5, 0.6) is 11.5 Å². The molecular weight excluding hydrogens is 250 g/mol. The van der Waals surface area contributed by atoms with Crippen LogP contribution in [0.1, 0.15) is 59.3 Å². The predicted molar refractivity (Wildman–Crippen MR) is 83.6 cm³/mol. The lowest BCUT2D eigenvalue weighted by Crippen LogP contribution is -2.29. The van der Waals surface area contributed by atoms with Crippen molar-refractivity contribution in [3.05, 3.63) is 18.2 Å². The number of anilines is 1. The molecule has 1 aliphatic heterocycles. The molecule has 0 unspecified atom stereocenters. The number of hydrogen-bond acceptors (Lipinski definition) is 3. The molecule has 0 saturated carbocycles. The van der Waals surface area contributed by atoms with Crippen LogP contribution in [0.4, 0.5) is 5.69 Å². The summed E-state index contributed by atoms with van der Waals surface area (Å²) in [6.45, 7) is 7.13. The van der Waals surface area contributed by atoms with Gasteiger partial charge in [0, 0.05) is 32.1 Å². The fourth-order valence-electron chi connectivity index (χ4n) is 2.47. The zero-order valence-corrected chi connectivity index (χ0v) is 13.0. The molecule has 1 N–H and O–H groups in total. The quantitative estimate of drug-likeness (QED) is 0.681. The summed E-state index contributed by atoms with van der Waals surface area (Å²) < 4.78 is 11.4. The number of rotatable bonds is 8. The molecular formula is C17H27NO2. The van der Waals surface area contributed by atoms with Gasteiger partial charge in [0.05, 0.1) is 0 Å². The van der Waals surface area contributed by atoms with E-state index < -0.39 is 5.79 Å². The van der Waals surface area contributed by atoms with Gasteiger partial charge in [-0.25, -0.2) is 0 Å². The second-order valence-corrected chi connectivity index (χ2v) is 5.96. The summed E-state index contributed by atoms with van der Waals surface area (Å²) in [5.74, 6) is 1.13. The molecule has 0 bridgehead atoms. The smallest absolute Gasteiger partial charge is 0.246 e. The molecule has 3 heteroatoms. The van der Waals surface area contributed by atoms with E-state index >= 15 is 0 Å². The van der Waals surface area contributed by atoms with Crippen LogP contribution in [0.2, 0.25) is 0 Å². The van der Waals surface area contributed by atoms with Crippen LogP contribution in [0.15, 0.2) is 18.2 Å². The van der Waals surface area contributed by atoms with E-state index in [0.717, 1.165) is 23.7 Å². The van der Waals surface area contributed by atoms with Crippen LogP contribution in [-0.4, -0.2) is 12.3 Å². The maximum Gasteiger partial charge on any atom is 0.246 e. The third kappa shape index (κ3) is 4.32. The highest BCUT2D eigenvalue weighted by Crippen LogP contribution is 2.40. The summed E-state index contributed by atoms with van der Waals surface area (Å²) in [4.78, 5) is 0. The van der Waals surface area contributed by atoms with E-state index in [0.29, 0.717) is 0 Å². The van der Waals surface area contributed by atoms with Crippen molar-refractivity contribution in [3.8, 4) is 11.5 Å². The number of benzene rings is 1. The van der Waals surface area contributed by atoms with Crippen molar-refractivity contribution in [2.75, 3.05) is 11.9 Å². The number of hydrogen-bond donors (Lipinski definition) is 1. The van der Waals surface area contributed by atoms with E-state index in [1.165, 1.54) is 38.5 Å². The first-order chi connectivity index (χ1) is 9.61. The van der Waals surface area contributed by atoms with Crippen LogP contribution < -0.4 is 14.8 Å². The van der Waals surface area contributed by atoms with Crippen molar-refractivity contribution in [1.29, 1.82) is 0 Å². The summed E-state index contributed by atoms with van der Waals surface area (Å²) in [6.07, 6.45) is 7.94. The van der Waals surface area contributed by atoms with Crippen LogP contribution in [0, 0.1) is 0 Å². The van der Waals surface area contributed by atoms with Crippen LogP contribution >= 0.6 is 0 Å². The fraction of sp³-hybridized carbons (Fsp3) is 0.647. The van der Waals surface area contributed by atoms with E-state index in [1.54, 1.807) is 0 Å². The lowest BCUT2D eigenvalue weighted by molar-refractivity contribution is -0.0431. The molecule has 0 aromatic heterocycles. The molecule has 1 heterocycles. The first-order valence-electron chi connectivity index (χ1n) is 7.87. The van der Waals surface area contributed by atoms with E-state index in [9.17, 15) is 0 Å².